The van der Waals surface area contributed by atoms with Gasteiger partial charge in [0, 0.05) is 13.1 Å². The van der Waals surface area contributed by atoms with Gasteiger partial charge in [-0.25, -0.2) is 9.37 Å². The van der Waals surface area contributed by atoms with Crippen LogP contribution >= 0.6 is 0 Å². The summed E-state index contributed by atoms with van der Waals surface area (Å²) in [5, 5.41) is 9.62. The van der Waals surface area contributed by atoms with Crippen molar-refractivity contribution in [2.45, 2.75) is 19.4 Å². The van der Waals surface area contributed by atoms with Crippen LogP contribution in [0.3, 0.4) is 0 Å². The number of piperidine rings is 1. The maximum Gasteiger partial charge on any atom is 0.141 e. The molecule has 0 amide bonds. The molecule has 0 aliphatic carbocycles. The Balaban J connectivity index is 2.12. The van der Waals surface area contributed by atoms with Crippen LogP contribution in [-0.4, -0.2) is 29.3 Å². The van der Waals surface area contributed by atoms with Crippen LogP contribution < -0.4 is 4.90 Å². The minimum Gasteiger partial charge on any atom is -0.391 e. The Hall–Kier alpha value is -1.16. The van der Waals surface area contributed by atoms with Crippen LogP contribution in [0, 0.1) is 11.7 Å². The number of halogens is 1. The molecule has 3 nitrogen and oxygen atoms in total. The molecular formula is C11H15FN2O. The molecule has 0 aromatic carbocycles. The predicted molar refractivity (Wildman–Crippen MR) is 56.2 cm³/mol. The van der Waals surface area contributed by atoms with Gasteiger partial charge >= 0.3 is 0 Å². The Kier molecular flexibility index (Phi) is 2.86. The van der Waals surface area contributed by atoms with Gasteiger partial charge in [0.05, 0.1) is 12.3 Å². The van der Waals surface area contributed by atoms with Gasteiger partial charge in [0.15, 0.2) is 0 Å². The number of anilines is 1. The van der Waals surface area contributed by atoms with Crippen LogP contribution in [0.25, 0.3) is 0 Å². The molecular weight excluding hydrogens is 195 g/mol. The lowest BCUT2D eigenvalue weighted by Gasteiger charge is -2.34. The van der Waals surface area contributed by atoms with Crippen molar-refractivity contribution in [3.05, 3.63) is 24.1 Å². The van der Waals surface area contributed by atoms with Crippen molar-refractivity contribution < 1.29 is 9.50 Å². The fourth-order valence-electron chi connectivity index (χ4n) is 2.06. The summed E-state index contributed by atoms with van der Waals surface area (Å²) < 4.78 is 12.7. The summed E-state index contributed by atoms with van der Waals surface area (Å²) in [6, 6.07) is 3.05. The third-order valence-electron chi connectivity index (χ3n) is 2.67. The molecule has 15 heavy (non-hydrogen) atoms. The van der Waals surface area contributed by atoms with Crippen molar-refractivity contribution >= 4 is 5.82 Å². The zero-order valence-corrected chi connectivity index (χ0v) is 8.73. The number of hydrogen-bond acceptors (Lipinski definition) is 3. The lowest BCUT2D eigenvalue weighted by atomic mass is 9.98. The van der Waals surface area contributed by atoms with E-state index in [9.17, 15) is 9.50 Å². The van der Waals surface area contributed by atoms with Gasteiger partial charge in [-0.1, -0.05) is 6.92 Å². The highest BCUT2D eigenvalue weighted by atomic mass is 19.1. The summed E-state index contributed by atoms with van der Waals surface area (Å²) in [7, 11) is 0. The second kappa shape index (κ2) is 4.14. The summed E-state index contributed by atoms with van der Waals surface area (Å²) in [5.74, 6) is 0.854. The van der Waals surface area contributed by atoms with E-state index in [1.165, 1.54) is 12.3 Å². The molecule has 0 spiro atoms. The molecule has 1 saturated heterocycles. The summed E-state index contributed by atoms with van der Waals surface area (Å²) in [5.41, 5.74) is 0. The van der Waals surface area contributed by atoms with Crippen molar-refractivity contribution in [1.82, 2.24) is 4.98 Å². The van der Waals surface area contributed by atoms with Gasteiger partial charge in [-0.3, -0.25) is 0 Å². The number of nitrogens with zero attached hydrogens (tertiary/aromatic N) is 2. The van der Waals surface area contributed by atoms with E-state index in [4.69, 9.17) is 0 Å². The number of rotatable bonds is 1. The van der Waals surface area contributed by atoms with Gasteiger partial charge < -0.3 is 10.0 Å². The van der Waals surface area contributed by atoms with E-state index in [0.29, 0.717) is 12.5 Å². The van der Waals surface area contributed by atoms with Crippen molar-refractivity contribution in [2.75, 3.05) is 18.0 Å². The largest absolute Gasteiger partial charge is 0.391 e. The average molecular weight is 210 g/mol. The van der Waals surface area contributed by atoms with Crippen molar-refractivity contribution in [2.24, 2.45) is 5.92 Å². The number of aliphatic hydroxyl groups excluding tert-OH is 1. The molecule has 1 N–H and O–H groups in total. The highest BCUT2D eigenvalue weighted by molar-refractivity contribution is 5.38. The predicted octanol–water partition coefficient (Wildman–Crippen LogP) is 1.43. The van der Waals surface area contributed by atoms with E-state index in [2.05, 4.69) is 11.9 Å². The monoisotopic (exact) mass is 210 g/mol. The van der Waals surface area contributed by atoms with E-state index < -0.39 is 0 Å². The summed E-state index contributed by atoms with van der Waals surface area (Å²) in [6.07, 6.45) is 1.74. The number of pyridine rings is 1. The second-order valence-corrected chi connectivity index (χ2v) is 4.23. The van der Waals surface area contributed by atoms with E-state index >= 15 is 0 Å². The molecule has 0 bridgehead atoms. The third kappa shape index (κ3) is 2.45. The first kappa shape index (κ1) is 10.4. The molecule has 1 aromatic heterocycles. The number of hydrogen-bond donors (Lipinski definition) is 1. The van der Waals surface area contributed by atoms with E-state index in [-0.39, 0.29) is 11.9 Å². The lowest BCUT2D eigenvalue weighted by Crippen LogP contribution is -2.42. The normalized spacial score (nSPS) is 26.7. The fraction of sp³-hybridized carbons (Fsp3) is 0.545. The minimum atomic E-state index is -0.329. The van der Waals surface area contributed by atoms with Crippen LogP contribution in [-0.2, 0) is 0 Å². The zero-order valence-electron chi connectivity index (χ0n) is 8.73. The second-order valence-electron chi connectivity index (χ2n) is 4.23. The first-order valence-corrected chi connectivity index (χ1v) is 5.19. The molecule has 1 aliphatic rings. The van der Waals surface area contributed by atoms with Crippen LogP contribution in [0.15, 0.2) is 18.3 Å². The minimum absolute atomic E-state index is 0.305. The summed E-state index contributed by atoms with van der Waals surface area (Å²) in [6.45, 7) is 3.55. The molecule has 1 aromatic rings. The number of aliphatic hydroxyl groups is 1. The molecule has 0 unspecified atom stereocenters. The Labute approximate surface area is 88.6 Å². The Morgan fingerprint density at radius 3 is 2.87 bits per heavy atom. The summed E-state index contributed by atoms with van der Waals surface area (Å²) >= 11 is 0. The zero-order chi connectivity index (χ0) is 10.8. The topological polar surface area (TPSA) is 36.4 Å². The maximum atomic E-state index is 12.7. The SMILES string of the molecule is C[C@@H]1C[C@H](O)CN(c2ccc(F)cn2)C1. The quantitative estimate of drug-likeness (QED) is 0.761. The van der Waals surface area contributed by atoms with Gasteiger partial charge in [0.25, 0.3) is 0 Å². The number of β-amino-alcohol motifs (C(OH)–C–C–N with tert-alkyl or cyclic N) is 1. The van der Waals surface area contributed by atoms with Crippen LogP contribution in [0.5, 0.6) is 0 Å². The first-order valence-electron chi connectivity index (χ1n) is 5.19. The highest BCUT2D eigenvalue weighted by Gasteiger charge is 2.23. The smallest absolute Gasteiger partial charge is 0.141 e. The van der Waals surface area contributed by atoms with Crippen molar-refractivity contribution in [3.63, 3.8) is 0 Å². The maximum absolute atomic E-state index is 12.7. The molecule has 0 saturated carbocycles. The van der Waals surface area contributed by atoms with Gasteiger partial charge in [0.1, 0.15) is 11.6 Å². The van der Waals surface area contributed by atoms with Crippen LogP contribution in [0.2, 0.25) is 0 Å². The molecule has 0 radical (unpaired) electrons. The fourth-order valence-corrected chi connectivity index (χ4v) is 2.06. The van der Waals surface area contributed by atoms with Crippen molar-refractivity contribution in [1.29, 1.82) is 0 Å². The third-order valence-corrected chi connectivity index (χ3v) is 2.67. The molecule has 2 atom stereocenters. The lowest BCUT2D eigenvalue weighted by molar-refractivity contribution is 0.132. The van der Waals surface area contributed by atoms with E-state index in [0.717, 1.165) is 18.8 Å². The van der Waals surface area contributed by atoms with Gasteiger partial charge in [-0.2, -0.15) is 0 Å². The summed E-state index contributed by atoms with van der Waals surface area (Å²) in [4.78, 5) is 6.01. The molecule has 2 heterocycles. The van der Waals surface area contributed by atoms with Gasteiger partial charge in [0.2, 0.25) is 0 Å². The molecule has 82 valence electrons. The van der Waals surface area contributed by atoms with Crippen molar-refractivity contribution in [3.8, 4) is 0 Å². The van der Waals surface area contributed by atoms with Crippen LogP contribution in [0.4, 0.5) is 10.2 Å². The molecule has 1 aliphatic heterocycles. The molecule has 2 rings (SSSR count). The Morgan fingerprint density at radius 1 is 1.47 bits per heavy atom. The van der Waals surface area contributed by atoms with Gasteiger partial charge in [-0.05, 0) is 24.5 Å². The first-order chi connectivity index (χ1) is 7.15. The standard InChI is InChI=1S/C11H15FN2O/c1-8-4-10(15)7-14(6-8)11-3-2-9(12)5-13-11/h2-3,5,8,10,15H,4,6-7H2,1H3/t8-,10+/m1/s1. The average Bonchev–Trinajstić information content (AvgIpc) is 2.17. The van der Waals surface area contributed by atoms with E-state index in [1.54, 1.807) is 6.07 Å². The molecule has 1 fully saturated rings. The number of aromatic nitrogens is 1. The Morgan fingerprint density at radius 2 is 2.27 bits per heavy atom. The highest BCUT2D eigenvalue weighted by Crippen LogP contribution is 2.21. The molecule has 4 heteroatoms. The Bertz CT molecular complexity index is 318. The van der Waals surface area contributed by atoms with Gasteiger partial charge in [-0.15, -0.1) is 0 Å². The van der Waals surface area contributed by atoms with Crippen LogP contribution in [0.1, 0.15) is 13.3 Å². The van der Waals surface area contributed by atoms with E-state index in [1.807, 2.05) is 4.90 Å².